The molecule has 0 aliphatic rings. The molecule has 0 saturated heterocycles. The van der Waals surface area contributed by atoms with Gasteiger partial charge in [0.15, 0.2) is 11.2 Å². The average Bonchev–Trinajstić information content (AvgIpc) is 3.06. The third-order valence-corrected chi connectivity index (χ3v) is 4.60. The molecule has 0 atom stereocenters. The number of aryl methyl sites for hydroxylation is 2. The van der Waals surface area contributed by atoms with Crippen LogP contribution < -0.4 is 16.0 Å². The van der Waals surface area contributed by atoms with E-state index in [4.69, 9.17) is 4.74 Å². The van der Waals surface area contributed by atoms with Crippen molar-refractivity contribution in [2.75, 3.05) is 13.7 Å². The molecular formula is C19H23N5O4. The Hall–Kier alpha value is -3.36. The van der Waals surface area contributed by atoms with Gasteiger partial charge in [-0.15, -0.1) is 0 Å². The molecule has 2 aromatic heterocycles. The molecule has 0 saturated carbocycles. The topological polar surface area (TPSA) is 91.4 Å². The molecule has 9 heteroatoms. The van der Waals surface area contributed by atoms with Crippen LogP contribution in [0.4, 0.5) is 0 Å². The third-order valence-electron chi connectivity index (χ3n) is 4.60. The van der Waals surface area contributed by atoms with Gasteiger partial charge in [-0.1, -0.05) is 18.2 Å². The predicted molar refractivity (Wildman–Crippen MR) is 104 cm³/mol. The Balaban J connectivity index is 1.88. The van der Waals surface area contributed by atoms with Gasteiger partial charge in [-0.05, 0) is 13.0 Å². The highest BCUT2D eigenvalue weighted by Gasteiger charge is 2.19. The van der Waals surface area contributed by atoms with E-state index in [1.165, 1.54) is 22.8 Å². The summed E-state index contributed by atoms with van der Waals surface area (Å²) >= 11 is 0. The van der Waals surface area contributed by atoms with Crippen LogP contribution in [0.3, 0.4) is 0 Å². The minimum atomic E-state index is -0.576. The minimum absolute atomic E-state index is 0.277. The van der Waals surface area contributed by atoms with Crippen LogP contribution in [0.5, 0.6) is 5.75 Å². The van der Waals surface area contributed by atoms with E-state index in [0.717, 1.165) is 10.1 Å². The monoisotopic (exact) mass is 385 g/mol. The first-order valence-corrected chi connectivity index (χ1v) is 8.90. The molecule has 0 aliphatic carbocycles. The summed E-state index contributed by atoms with van der Waals surface area (Å²) in [7, 11) is 4.83. The van der Waals surface area contributed by atoms with Crippen molar-refractivity contribution in [3.63, 3.8) is 0 Å². The van der Waals surface area contributed by atoms with E-state index in [2.05, 4.69) is 4.98 Å². The normalized spacial score (nSPS) is 11.0. The quantitative estimate of drug-likeness (QED) is 0.616. The minimum Gasteiger partial charge on any atom is -0.494 e. The number of likely N-dealkylation sites (N-methyl/N-ethyl adjacent to an activating group) is 1. The summed E-state index contributed by atoms with van der Waals surface area (Å²) in [6.07, 6.45) is 1.47. The summed E-state index contributed by atoms with van der Waals surface area (Å²) in [5.74, 6) is 0.348. The number of imidazole rings is 1. The molecule has 1 aromatic carbocycles. The standard InChI is InChI=1S/C19H23N5O4/c1-5-28-14-9-7-6-8-13(14)10-21(2)15(25)11-24-18(26)16-17(20-12-22(16)3)23(4)19(24)27/h6-9,12H,5,10-11H2,1-4H3. The van der Waals surface area contributed by atoms with Crippen LogP contribution in [0, 0.1) is 0 Å². The molecule has 0 bridgehead atoms. The van der Waals surface area contributed by atoms with Gasteiger partial charge < -0.3 is 14.2 Å². The van der Waals surface area contributed by atoms with Crippen LogP contribution in [-0.2, 0) is 32.0 Å². The van der Waals surface area contributed by atoms with Crippen LogP contribution in [0.2, 0.25) is 0 Å². The number of benzene rings is 1. The fourth-order valence-corrected chi connectivity index (χ4v) is 3.07. The Morgan fingerprint density at radius 2 is 1.93 bits per heavy atom. The number of para-hydroxylation sites is 1. The van der Waals surface area contributed by atoms with Crippen molar-refractivity contribution in [2.45, 2.75) is 20.0 Å². The van der Waals surface area contributed by atoms with Crippen molar-refractivity contribution in [3.05, 3.63) is 57.0 Å². The molecule has 2 heterocycles. The van der Waals surface area contributed by atoms with Crippen molar-refractivity contribution < 1.29 is 9.53 Å². The lowest BCUT2D eigenvalue weighted by Crippen LogP contribution is -2.43. The van der Waals surface area contributed by atoms with Gasteiger partial charge in [-0.3, -0.25) is 14.2 Å². The van der Waals surface area contributed by atoms with Crippen molar-refractivity contribution in [2.24, 2.45) is 14.1 Å². The summed E-state index contributed by atoms with van der Waals surface area (Å²) < 4.78 is 9.34. The van der Waals surface area contributed by atoms with Crippen molar-refractivity contribution in [3.8, 4) is 5.75 Å². The average molecular weight is 385 g/mol. The lowest BCUT2D eigenvalue weighted by molar-refractivity contribution is -0.131. The number of aromatic nitrogens is 4. The van der Waals surface area contributed by atoms with E-state index in [1.54, 1.807) is 18.7 Å². The molecule has 28 heavy (non-hydrogen) atoms. The number of rotatable bonds is 6. The van der Waals surface area contributed by atoms with Gasteiger partial charge in [-0.25, -0.2) is 14.3 Å². The summed E-state index contributed by atoms with van der Waals surface area (Å²) in [5, 5.41) is 0. The lowest BCUT2D eigenvalue weighted by atomic mass is 10.2. The number of hydrogen-bond donors (Lipinski definition) is 0. The van der Waals surface area contributed by atoms with Crippen LogP contribution in [0.1, 0.15) is 12.5 Å². The number of nitrogens with zero attached hydrogens (tertiary/aromatic N) is 5. The highest BCUT2D eigenvalue weighted by atomic mass is 16.5. The fraction of sp³-hybridized carbons (Fsp3) is 0.368. The maximum atomic E-state index is 12.7. The van der Waals surface area contributed by atoms with Gasteiger partial charge in [0.2, 0.25) is 5.91 Å². The van der Waals surface area contributed by atoms with Gasteiger partial charge in [0, 0.05) is 33.3 Å². The van der Waals surface area contributed by atoms with E-state index >= 15 is 0 Å². The summed E-state index contributed by atoms with van der Waals surface area (Å²) in [6.45, 7) is 2.37. The highest BCUT2D eigenvalue weighted by molar-refractivity contribution is 5.76. The van der Waals surface area contributed by atoms with Crippen molar-refractivity contribution in [1.82, 2.24) is 23.6 Å². The first-order valence-electron chi connectivity index (χ1n) is 8.90. The first-order chi connectivity index (χ1) is 13.3. The number of fused-ring (bicyclic) bond motifs is 1. The second-order valence-corrected chi connectivity index (χ2v) is 6.55. The maximum Gasteiger partial charge on any atom is 0.332 e. The first kappa shape index (κ1) is 19.4. The van der Waals surface area contributed by atoms with Gasteiger partial charge >= 0.3 is 5.69 Å². The van der Waals surface area contributed by atoms with Gasteiger partial charge in [0.1, 0.15) is 12.3 Å². The highest BCUT2D eigenvalue weighted by Crippen LogP contribution is 2.19. The molecule has 0 N–H and O–H groups in total. The molecule has 0 fully saturated rings. The summed E-state index contributed by atoms with van der Waals surface area (Å²) in [5.41, 5.74) is 0.309. The molecule has 0 aliphatic heterocycles. The molecule has 0 spiro atoms. The smallest absolute Gasteiger partial charge is 0.332 e. The molecule has 0 unspecified atom stereocenters. The SMILES string of the molecule is CCOc1ccccc1CN(C)C(=O)Cn1c(=O)c2c(ncn2C)n(C)c1=O. The molecule has 0 radical (unpaired) electrons. The van der Waals surface area contributed by atoms with Crippen LogP contribution in [0.25, 0.3) is 11.2 Å². The zero-order valence-corrected chi connectivity index (χ0v) is 16.4. The molecule has 3 aromatic rings. The molecule has 1 amide bonds. The second-order valence-electron chi connectivity index (χ2n) is 6.55. The maximum absolute atomic E-state index is 12.7. The number of carbonyl (C=O) groups is 1. The van der Waals surface area contributed by atoms with Gasteiger partial charge in [-0.2, -0.15) is 0 Å². The Labute approximate surface area is 161 Å². The molecule has 9 nitrogen and oxygen atoms in total. The Morgan fingerprint density at radius 3 is 2.64 bits per heavy atom. The Kier molecular flexibility index (Phi) is 5.34. The predicted octanol–water partition coefficient (Wildman–Crippen LogP) is 0.491. The number of hydrogen-bond acceptors (Lipinski definition) is 5. The van der Waals surface area contributed by atoms with Gasteiger partial charge in [0.25, 0.3) is 5.56 Å². The molecular weight excluding hydrogens is 362 g/mol. The number of carbonyl (C=O) groups excluding carboxylic acids is 1. The van der Waals surface area contributed by atoms with Crippen LogP contribution >= 0.6 is 0 Å². The zero-order chi connectivity index (χ0) is 20.4. The number of ether oxygens (including phenoxy) is 1. The van der Waals surface area contributed by atoms with E-state index in [0.29, 0.717) is 24.5 Å². The van der Waals surface area contributed by atoms with Crippen molar-refractivity contribution in [1.29, 1.82) is 0 Å². The van der Waals surface area contributed by atoms with E-state index in [9.17, 15) is 14.4 Å². The fourth-order valence-electron chi connectivity index (χ4n) is 3.07. The van der Waals surface area contributed by atoms with E-state index in [1.807, 2.05) is 31.2 Å². The zero-order valence-electron chi connectivity index (χ0n) is 16.4. The third kappa shape index (κ3) is 3.42. The van der Waals surface area contributed by atoms with E-state index < -0.39 is 11.2 Å². The molecule has 148 valence electrons. The Morgan fingerprint density at radius 1 is 1.21 bits per heavy atom. The summed E-state index contributed by atoms with van der Waals surface area (Å²) in [4.78, 5) is 43.6. The van der Waals surface area contributed by atoms with E-state index in [-0.39, 0.29) is 18.0 Å². The second kappa shape index (κ2) is 7.71. The largest absolute Gasteiger partial charge is 0.494 e. The lowest BCUT2D eigenvalue weighted by Gasteiger charge is -2.19. The van der Waals surface area contributed by atoms with Crippen LogP contribution in [0.15, 0.2) is 40.2 Å². The van der Waals surface area contributed by atoms with Gasteiger partial charge in [0.05, 0.1) is 12.9 Å². The Bertz CT molecular complexity index is 1140. The molecule has 3 rings (SSSR count). The summed E-state index contributed by atoms with van der Waals surface area (Å²) in [6, 6.07) is 7.45. The number of amides is 1. The van der Waals surface area contributed by atoms with Crippen LogP contribution in [-0.4, -0.2) is 43.1 Å². The van der Waals surface area contributed by atoms with Crippen molar-refractivity contribution >= 4 is 17.1 Å².